The predicted octanol–water partition coefficient (Wildman–Crippen LogP) is 4.34. The van der Waals surface area contributed by atoms with E-state index in [0.717, 1.165) is 22.4 Å². The molecule has 1 N–H and O–H groups in total. The van der Waals surface area contributed by atoms with Gasteiger partial charge in [0.25, 0.3) is 5.56 Å². The van der Waals surface area contributed by atoms with Crippen molar-refractivity contribution in [2.24, 2.45) is 0 Å². The number of aromatic nitrogens is 3. The lowest BCUT2D eigenvalue weighted by atomic mass is 10.1. The maximum atomic E-state index is 13.8. The van der Waals surface area contributed by atoms with Crippen molar-refractivity contribution >= 4 is 9.84 Å². The van der Waals surface area contributed by atoms with E-state index in [4.69, 9.17) is 4.74 Å². The Balaban J connectivity index is 1.87. The first-order chi connectivity index (χ1) is 17.8. The minimum atomic E-state index is -4.40. The minimum Gasteiger partial charge on any atom is -0.492 e. The molecule has 9 heteroatoms. The fraction of sp³-hybridized carbons (Fsp3) is 0.250. The summed E-state index contributed by atoms with van der Waals surface area (Å²) in [6.45, 7) is 3.90. The number of rotatable bonds is 9. The van der Waals surface area contributed by atoms with Gasteiger partial charge in [0.15, 0.2) is 4.90 Å². The van der Waals surface area contributed by atoms with Gasteiger partial charge in [-0.05, 0) is 42.7 Å². The number of sulfone groups is 1. The van der Waals surface area contributed by atoms with E-state index < -0.39 is 32.2 Å². The van der Waals surface area contributed by atoms with E-state index >= 15 is 0 Å². The summed E-state index contributed by atoms with van der Waals surface area (Å²) in [6, 6.07) is 18.4. The molecule has 37 heavy (non-hydrogen) atoms. The van der Waals surface area contributed by atoms with Crippen molar-refractivity contribution < 1.29 is 18.3 Å². The Hall–Kier alpha value is -3.82. The molecule has 0 aliphatic heterocycles. The molecule has 1 atom stereocenters. The highest BCUT2D eigenvalue weighted by molar-refractivity contribution is 7.91. The molecule has 0 fully saturated rings. The van der Waals surface area contributed by atoms with Crippen LogP contribution in [0, 0.1) is 6.92 Å². The topological polar surface area (TPSA) is 111 Å². The molecule has 0 aliphatic rings. The molecular formula is C28H29N3O5S. The largest absolute Gasteiger partial charge is 0.492 e. The monoisotopic (exact) mass is 519 g/mol. The normalized spacial score (nSPS) is 12.4. The van der Waals surface area contributed by atoms with Gasteiger partial charge in [0, 0.05) is 31.0 Å². The average Bonchev–Trinajstić information content (AvgIpc) is 2.89. The van der Waals surface area contributed by atoms with Crippen LogP contribution in [0.2, 0.25) is 0 Å². The molecule has 2 aromatic carbocycles. The lowest BCUT2D eigenvalue weighted by molar-refractivity contribution is 0.165. The van der Waals surface area contributed by atoms with Gasteiger partial charge in [-0.25, -0.2) is 8.42 Å². The maximum absolute atomic E-state index is 13.8. The van der Waals surface area contributed by atoms with Crippen LogP contribution in [0.1, 0.15) is 36.5 Å². The SMILES string of the molecule is CCCc1nc(O)c(S(=O)(=O)c2ccc(-c3cccnc3C)cc2)c(=O)n1[C@@H](COC)c1ccccc1. The van der Waals surface area contributed by atoms with Crippen molar-refractivity contribution in [1.82, 2.24) is 14.5 Å². The molecule has 4 rings (SSSR count). The molecule has 192 valence electrons. The molecule has 0 amide bonds. The van der Waals surface area contributed by atoms with E-state index in [1.165, 1.54) is 23.8 Å². The molecular weight excluding hydrogens is 490 g/mol. The molecule has 0 saturated carbocycles. The van der Waals surface area contributed by atoms with E-state index in [1.807, 2.05) is 50.2 Å². The molecule has 2 aromatic heterocycles. The molecule has 0 aliphatic carbocycles. The van der Waals surface area contributed by atoms with Gasteiger partial charge < -0.3 is 9.84 Å². The van der Waals surface area contributed by atoms with E-state index in [0.29, 0.717) is 12.8 Å². The van der Waals surface area contributed by atoms with Crippen LogP contribution < -0.4 is 5.56 Å². The summed E-state index contributed by atoms with van der Waals surface area (Å²) < 4.78 is 34.1. The first-order valence-corrected chi connectivity index (χ1v) is 13.4. The van der Waals surface area contributed by atoms with Gasteiger partial charge in [0.2, 0.25) is 15.7 Å². The molecule has 0 saturated heterocycles. The van der Waals surface area contributed by atoms with Crippen LogP contribution in [0.4, 0.5) is 0 Å². The average molecular weight is 520 g/mol. The summed E-state index contributed by atoms with van der Waals surface area (Å²) in [4.78, 5) is 21.4. The molecule has 0 radical (unpaired) electrons. The summed E-state index contributed by atoms with van der Waals surface area (Å²) in [5.74, 6) is -0.515. The lowest BCUT2D eigenvalue weighted by Gasteiger charge is -2.23. The molecule has 8 nitrogen and oxygen atoms in total. The number of methoxy groups -OCH3 is 1. The number of ether oxygens (including phenoxy) is 1. The standard InChI is InChI=1S/C28H29N3O5S/c1-4-9-25-30-27(32)26(28(33)31(25)24(18-36-3)21-10-6-5-7-11-21)37(34,35)22-15-13-20(14-16-22)23-12-8-17-29-19(23)2/h5-8,10-17,24,32H,4,9,18H2,1-3H3/t24-/m0/s1. The van der Waals surface area contributed by atoms with Gasteiger partial charge in [-0.1, -0.05) is 55.5 Å². The number of aryl methyl sites for hydroxylation is 2. The van der Waals surface area contributed by atoms with Gasteiger partial charge >= 0.3 is 0 Å². The van der Waals surface area contributed by atoms with Crippen LogP contribution in [0.15, 0.2) is 87.5 Å². The third-order valence-electron chi connectivity index (χ3n) is 6.17. The summed E-state index contributed by atoms with van der Waals surface area (Å²) in [5, 5.41) is 10.7. The number of nitrogens with zero attached hydrogens (tertiary/aromatic N) is 3. The number of aromatic hydroxyl groups is 1. The minimum absolute atomic E-state index is 0.117. The molecule has 0 unspecified atom stereocenters. The van der Waals surface area contributed by atoms with Crippen molar-refractivity contribution in [3.63, 3.8) is 0 Å². The van der Waals surface area contributed by atoms with Crippen LogP contribution in [0.3, 0.4) is 0 Å². The van der Waals surface area contributed by atoms with Gasteiger partial charge in [-0.15, -0.1) is 0 Å². The number of hydrogen-bond acceptors (Lipinski definition) is 7. The third-order valence-corrected chi connectivity index (χ3v) is 7.96. The zero-order valence-electron chi connectivity index (χ0n) is 21.0. The van der Waals surface area contributed by atoms with Crippen LogP contribution in [-0.4, -0.2) is 41.8 Å². The second-order valence-corrected chi connectivity index (χ2v) is 10.5. The Labute approximate surface area is 216 Å². The van der Waals surface area contributed by atoms with Crippen molar-refractivity contribution in [3.05, 3.63) is 100 Å². The Bertz CT molecular complexity index is 1550. The zero-order valence-corrected chi connectivity index (χ0v) is 21.8. The number of benzene rings is 2. The fourth-order valence-corrected chi connectivity index (χ4v) is 5.72. The van der Waals surface area contributed by atoms with Crippen LogP contribution in [0.25, 0.3) is 11.1 Å². The third kappa shape index (κ3) is 5.19. The molecule has 0 spiro atoms. The van der Waals surface area contributed by atoms with E-state index in [2.05, 4.69) is 9.97 Å². The molecule has 4 aromatic rings. The Morgan fingerprint density at radius 3 is 2.35 bits per heavy atom. The van der Waals surface area contributed by atoms with Gasteiger partial charge in [-0.3, -0.25) is 14.3 Å². The van der Waals surface area contributed by atoms with E-state index in [9.17, 15) is 18.3 Å². The van der Waals surface area contributed by atoms with Crippen LogP contribution in [-0.2, 0) is 21.0 Å². The summed E-state index contributed by atoms with van der Waals surface area (Å²) in [5.41, 5.74) is 2.38. The van der Waals surface area contributed by atoms with Crippen molar-refractivity contribution in [2.45, 2.75) is 42.5 Å². The summed E-state index contributed by atoms with van der Waals surface area (Å²) in [6.07, 6.45) is 2.70. The second-order valence-electron chi connectivity index (χ2n) is 8.65. The first-order valence-electron chi connectivity index (χ1n) is 11.9. The quantitative estimate of drug-likeness (QED) is 0.350. The fourth-order valence-electron chi connectivity index (χ4n) is 4.38. The second kappa shape index (κ2) is 11.1. The zero-order chi connectivity index (χ0) is 26.6. The van der Waals surface area contributed by atoms with Gasteiger partial charge in [0.05, 0.1) is 17.5 Å². The Morgan fingerprint density at radius 2 is 1.73 bits per heavy atom. The van der Waals surface area contributed by atoms with Crippen LogP contribution in [0.5, 0.6) is 5.88 Å². The Morgan fingerprint density at radius 1 is 1.03 bits per heavy atom. The van der Waals surface area contributed by atoms with Crippen molar-refractivity contribution in [2.75, 3.05) is 13.7 Å². The number of hydrogen-bond donors (Lipinski definition) is 1. The summed E-state index contributed by atoms with van der Waals surface area (Å²) >= 11 is 0. The van der Waals surface area contributed by atoms with Crippen LogP contribution >= 0.6 is 0 Å². The molecule has 0 bridgehead atoms. The van der Waals surface area contributed by atoms with Crippen molar-refractivity contribution in [1.29, 1.82) is 0 Å². The van der Waals surface area contributed by atoms with E-state index in [-0.39, 0.29) is 17.3 Å². The predicted molar refractivity (Wildman–Crippen MR) is 140 cm³/mol. The van der Waals surface area contributed by atoms with Gasteiger partial charge in [-0.2, -0.15) is 4.98 Å². The Kier molecular flexibility index (Phi) is 7.85. The highest BCUT2D eigenvalue weighted by Gasteiger charge is 2.32. The number of pyridine rings is 1. The van der Waals surface area contributed by atoms with Gasteiger partial charge in [0.1, 0.15) is 5.82 Å². The first kappa shape index (κ1) is 26.2. The smallest absolute Gasteiger partial charge is 0.277 e. The van der Waals surface area contributed by atoms with E-state index in [1.54, 1.807) is 24.4 Å². The maximum Gasteiger partial charge on any atom is 0.277 e. The highest BCUT2D eigenvalue weighted by Crippen LogP contribution is 2.29. The summed E-state index contributed by atoms with van der Waals surface area (Å²) in [7, 11) is -2.89. The molecule has 2 heterocycles. The van der Waals surface area contributed by atoms with Crippen molar-refractivity contribution in [3.8, 4) is 17.0 Å². The lowest BCUT2D eigenvalue weighted by Crippen LogP contribution is -2.35. The highest BCUT2D eigenvalue weighted by atomic mass is 32.2.